The maximum atomic E-state index is 13.3. The first kappa shape index (κ1) is 25.6. The van der Waals surface area contributed by atoms with Crippen LogP contribution in [0, 0.1) is 5.82 Å². The number of hydrogen-bond acceptors (Lipinski definition) is 5. The van der Waals surface area contributed by atoms with Crippen molar-refractivity contribution in [2.45, 2.75) is 39.5 Å². The van der Waals surface area contributed by atoms with Crippen LogP contribution in [0.2, 0.25) is 0 Å². The van der Waals surface area contributed by atoms with Gasteiger partial charge in [-0.25, -0.2) is 14.4 Å². The van der Waals surface area contributed by atoms with Crippen LogP contribution in [0.4, 0.5) is 4.39 Å². The molecule has 1 aromatic heterocycles. The van der Waals surface area contributed by atoms with E-state index in [0.29, 0.717) is 18.8 Å². The van der Waals surface area contributed by atoms with Gasteiger partial charge in [0.15, 0.2) is 5.96 Å². The van der Waals surface area contributed by atoms with Crippen LogP contribution in [0.3, 0.4) is 0 Å². The van der Waals surface area contributed by atoms with Crippen molar-refractivity contribution in [1.29, 1.82) is 0 Å². The molecule has 0 radical (unpaired) electrons. The van der Waals surface area contributed by atoms with Crippen molar-refractivity contribution in [2.24, 2.45) is 4.99 Å². The monoisotopic (exact) mass is 536 g/mol. The highest BCUT2D eigenvalue weighted by molar-refractivity contribution is 14.0. The lowest BCUT2D eigenvalue weighted by molar-refractivity contribution is 0.119. The van der Waals surface area contributed by atoms with E-state index in [1.165, 1.54) is 12.1 Å². The Morgan fingerprint density at radius 2 is 2.14 bits per heavy atom. The highest BCUT2D eigenvalue weighted by Crippen LogP contribution is 2.21. The van der Waals surface area contributed by atoms with Crippen LogP contribution in [-0.2, 0) is 11.3 Å². The third-order valence-electron chi connectivity index (χ3n) is 4.00. The zero-order valence-electron chi connectivity index (χ0n) is 17.5. The van der Waals surface area contributed by atoms with Crippen molar-refractivity contribution >= 4 is 41.3 Å². The van der Waals surface area contributed by atoms with E-state index in [-0.39, 0.29) is 42.0 Å². The number of ether oxygens (including phenoxy) is 2. The summed E-state index contributed by atoms with van der Waals surface area (Å²) in [6, 6.07) is 6.13. The maximum Gasteiger partial charge on any atom is 0.194 e. The second kappa shape index (κ2) is 13.0. The van der Waals surface area contributed by atoms with Gasteiger partial charge in [-0.05, 0) is 32.9 Å². The summed E-state index contributed by atoms with van der Waals surface area (Å²) >= 11 is 1.60. The number of hydrogen-bond donors (Lipinski definition) is 1. The Bertz CT molecular complexity index is 774. The standard InChI is InChI=1S/C20H29FN4O2S.HI/c1-6-22-20(23-11-14(2)27-18-9-7-8-16(21)10-18)25(4)12-17-13-28-19(24-17)15(3)26-5;/h7-10,13-15H,6,11-12H2,1-5H3,(H,22,23);1H. The first-order chi connectivity index (χ1) is 13.4. The van der Waals surface area contributed by atoms with Gasteiger partial charge in [0.1, 0.15) is 28.8 Å². The molecule has 0 spiro atoms. The van der Waals surface area contributed by atoms with Crippen molar-refractivity contribution < 1.29 is 13.9 Å². The lowest BCUT2D eigenvalue weighted by Crippen LogP contribution is -2.39. The first-order valence-corrected chi connectivity index (χ1v) is 10.2. The van der Waals surface area contributed by atoms with E-state index in [1.54, 1.807) is 30.6 Å². The van der Waals surface area contributed by atoms with Gasteiger partial charge in [0.25, 0.3) is 0 Å². The average molecular weight is 536 g/mol. The van der Waals surface area contributed by atoms with Crippen LogP contribution in [0.25, 0.3) is 0 Å². The summed E-state index contributed by atoms with van der Waals surface area (Å²) < 4.78 is 24.4. The number of methoxy groups -OCH3 is 1. The number of thiazole rings is 1. The fraction of sp³-hybridized carbons (Fsp3) is 0.500. The zero-order chi connectivity index (χ0) is 20.5. The fourth-order valence-corrected chi connectivity index (χ4v) is 3.34. The summed E-state index contributed by atoms with van der Waals surface area (Å²) in [4.78, 5) is 11.3. The third kappa shape index (κ3) is 8.43. The second-order valence-electron chi connectivity index (χ2n) is 6.49. The van der Waals surface area contributed by atoms with Crippen molar-refractivity contribution in [1.82, 2.24) is 15.2 Å². The Morgan fingerprint density at radius 3 is 2.79 bits per heavy atom. The molecule has 1 heterocycles. The lowest BCUT2D eigenvalue weighted by atomic mass is 10.3. The van der Waals surface area contributed by atoms with Gasteiger partial charge < -0.3 is 19.7 Å². The molecule has 0 saturated heterocycles. The molecule has 0 aliphatic rings. The molecule has 0 amide bonds. The van der Waals surface area contributed by atoms with Crippen LogP contribution in [0.5, 0.6) is 5.75 Å². The van der Waals surface area contributed by atoms with Gasteiger partial charge in [-0.15, -0.1) is 35.3 Å². The van der Waals surface area contributed by atoms with E-state index >= 15 is 0 Å². The minimum absolute atomic E-state index is 0. The summed E-state index contributed by atoms with van der Waals surface area (Å²) in [5, 5.41) is 6.29. The average Bonchev–Trinajstić information content (AvgIpc) is 3.12. The van der Waals surface area contributed by atoms with E-state index < -0.39 is 0 Å². The molecule has 0 bridgehead atoms. The largest absolute Gasteiger partial charge is 0.489 e. The molecule has 0 fully saturated rings. The van der Waals surface area contributed by atoms with Crippen molar-refractivity contribution in [2.75, 3.05) is 27.2 Å². The Kier molecular flexibility index (Phi) is 11.4. The zero-order valence-corrected chi connectivity index (χ0v) is 20.7. The van der Waals surface area contributed by atoms with Crippen LogP contribution < -0.4 is 10.1 Å². The van der Waals surface area contributed by atoms with Crippen molar-refractivity contribution in [3.05, 3.63) is 46.2 Å². The number of guanidine groups is 1. The van der Waals surface area contributed by atoms with Crippen LogP contribution in [0.1, 0.15) is 37.6 Å². The number of halogens is 2. The second-order valence-corrected chi connectivity index (χ2v) is 7.38. The van der Waals surface area contributed by atoms with Gasteiger partial charge in [0.05, 0.1) is 18.8 Å². The number of nitrogens with zero attached hydrogens (tertiary/aromatic N) is 3. The van der Waals surface area contributed by atoms with E-state index in [1.807, 2.05) is 38.1 Å². The molecule has 29 heavy (non-hydrogen) atoms. The molecular formula is C20H30FIN4O2S. The van der Waals surface area contributed by atoms with Crippen LogP contribution >= 0.6 is 35.3 Å². The number of aromatic nitrogens is 1. The summed E-state index contributed by atoms with van der Waals surface area (Å²) in [5.41, 5.74) is 0.973. The van der Waals surface area contributed by atoms with Gasteiger partial charge in [0, 0.05) is 32.1 Å². The van der Waals surface area contributed by atoms with Gasteiger partial charge in [-0.1, -0.05) is 6.07 Å². The lowest BCUT2D eigenvalue weighted by Gasteiger charge is -2.22. The molecule has 2 rings (SSSR count). The molecule has 1 N–H and O–H groups in total. The molecule has 0 aliphatic heterocycles. The van der Waals surface area contributed by atoms with E-state index in [0.717, 1.165) is 23.2 Å². The third-order valence-corrected chi connectivity index (χ3v) is 5.05. The van der Waals surface area contributed by atoms with E-state index in [4.69, 9.17) is 9.47 Å². The van der Waals surface area contributed by atoms with Gasteiger partial charge in [-0.2, -0.15) is 0 Å². The predicted octanol–water partition coefficient (Wildman–Crippen LogP) is 4.47. The molecule has 6 nitrogen and oxygen atoms in total. The Hall–Kier alpha value is -1.46. The Balaban J connectivity index is 0.00000420. The molecule has 0 aliphatic carbocycles. The fourth-order valence-electron chi connectivity index (χ4n) is 2.50. The molecule has 0 saturated carbocycles. The molecule has 162 valence electrons. The van der Waals surface area contributed by atoms with E-state index in [2.05, 4.69) is 15.3 Å². The smallest absolute Gasteiger partial charge is 0.194 e. The van der Waals surface area contributed by atoms with E-state index in [9.17, 15) is 4.39 Å². The number of nitrogens with one attached hydrogen (secondary N) is 1. The Morgan fingerprint density at radius 1 is 1.38 bits per heavy atom. The van der Waals surface area contributed by atoms with Gasteiger partial charge >= 0.3 is 0 Å². The quantitative estimate of drug-likeness (QED) is 0.291. The SMILES string of the molecule is CCNC(=NCC(C)Oc1cccc(F)c1)N(C)Cc1csc(C(C)OC)n1.I. The minimum atomic E-state index is -0.313. The summed E-state index contributed by atoms with van der Waals surface area (Å²) in [7, 11) is 3.65. The van der Waals surface area contributed by atoms with Crippen molar-refractivity contribution in [3.8, 4) is 5.75 Å². The number of benzene rings is 1. The van der Waals surface area contributed by atoms with Gasteiger partial charge in [-0.3, -0.25) is 0 Å². The summed E-state index contributed by atoms with van der Waals surface area (Å²) in [6.45, 7) is 7.77. The predicted molar refractivity (Wildman–Crippen MR) is 127 cm³/mol. The number of aliphatic imine (C=N–C) groups is 1. The van der Waals surface area contributed by atoms with Crippen LogP contribution in [-0.4, -0.2) is 49.2 Å². The minimum Gasteiger partial charge on any atom is -0.489 e. The number of rotatable bonds is 9. The summed E-state index contributed by atoms with van der Waals surface area (Å²) in [6.07, 6.45) is -0.191. The normalized spacial score (nSPS) is 13.4. The molecule has 2 atom stereocenters. The highest BCUT2D eigenvalue weighted by Gasteiger charge is 2.13. The molecular weight excluding hydrogens is 506 g/mol. The van der Waals surface area contributed by atoms with Crippen molar-refractivity contribution in [3.63, 3.8) is 0 Å². The topological polar surface area (TPSA) is 59.0 Å². The molecule has 2 aromatic rings. The molecule has 2 unspecified atom stereocenters. The molecule has 9 heteroatoms. The maximum absolute atomic E-state index is 13.3. The molecule has 1 aromatic carbocycles. The first-order valence-electron chi connectivity index (χ1n) is 9.31. The Labute approximate surface area is 193 Å². The summed E-state index contributed by atoms with van der Waals surface area (Å²) in [5.74, 6) is 0.960. The highest BCUT2D eigenvalue weighted by atomic mass is 127. The van der Waals surface area contributed by atoms with Gasteiger partial charge in [0.2, 0.25) is 0 Å². The van der Waals surface area contributed by atoms with Crippen LogP contribution in [0.15, 0.2) is 34.6 Å².